The van der Waals surface area contributed by atoms with Crippen LogP contribution < -0.4 is 0 Å². The van der Waals surface area contributed by atoms with Gasteiger partial charge in [0, 0.05) is 75.5 Å². The highest BCUT2D eigenvalue weighted by Gasteiger charge is 2.30. The van der Waals surface area contributed by atoms with Gasteiger partial charge in [-0.05, 0) is 76.1 Å². The maximum atomic E-state index is 10.4. The Morgan fingerprint density at radius 1 is 0.569 bits per heavy atom. The first-order chi connectivity index (χ1) is 55.3. The third-order valence-electron chi connectivity index (χ3n) is 11.7. The molecule has 0 bridgehead atoms. The normalized spacial score (nSPS) is 16.6. The Balaban J connectivity index is -0.000000165. The number of aliphatic hydroxyl groups is 8. The van der Waals surface area contributed by atoms with Crippen molar-refractivity contribution in [3.05, 3.63) is 83.2 Å². The Kier molecular flexibility index (Phi) is 84.7. The zero-order valence-electron chi connectivity index (χ0n) is 73.0. The van der Waals surface area contributed by atoms with Gasteiger partial charge < -0.3 is 116 Å². The second kappa shape index (κ2) is 89.4. The molecule has 2 saturated heterocycles. The molecule has 2 heterocycles. The molecule has 0 radical (unpaired) electrons. The van der Waals surface area contributed by atoms with Gasteiger partial charge in [-0.2, -0.15) is 0 Å². The predicted octanol–water partition coefficient (Wildman–Crippen LogP) is 8.89. The largest absolute Gasteiger partial charge is 0.463 e. The van der Waals surface area contributed by atoms with Crippen molar-refractivity contribution in [1.29, 1.82) is 5.72 Å². The molecule has 4 rings (SSSR count). The molecule has 109 heavy (non-hydrogen) atoms. The van der Waals surface area contributed by atoms with Crippen LogP contribution in [-0.2, 0) is 75.0 Å². The number of esters is 1. The van der Waals surface area contributed by atoms with Crippen LogP contribution in [-0.4, -0.2) is 282 Å². The van der Waals surface area contributed by atoms with Crippen molar-refractivity contribution in [2.75, 3.05) is 153 Å². The highest BCUT2D eigenvalue weighted by atomic mass is 31.2. The third kappa shape index (κ3) is 72.2. The van der Waals surface area contributed by atoms with Gasteiger partial charge >= 0.3 is 5.97 Å². The summed E-state index contributed by atoms with van der Waals surface area (Å²) in [7, 11) is 2.59. The SMILES string of the molecule is C.C.C#CCOC(CO)CO.C#CCOC1COC(c2ccccc2)OC1.OC1COC(c2ccccc2)OC1.[2H]CC(COC(C)=O)OCC#C.[2H]CC(COP(OCCC#C)N(C(C)C)C(C)C)OCC#C.[2H]CC(COP(OCC[N+]#[C-])N(C(C)C)C(C)C)OCC#C.[2H]OCC(CO)OCC#C.[3H]C.[3H]OC.[3H]OC.[3H]OC. The molecule has 0 aromatic heterocycles. The number of benzene rings is 2. The van der Waals surface area contributed by atoms with E-state index in [4.69, 9.17) is 149 Å². The van der Waals surface area contributed by atoms with Crippen molar-refractivity contribution in [3.8, 4) is 86.4 Å². The Hall–Kier alpha value is -5.78. The van der Waals surface area contributed by atoms with Gasteiger partial charge in [0.2, 0.25) is 12.3 Å². The summed E-state index contributed by atoms with van der Waals surface area (Å²) < 4.78 is 136. The van der Waals surface area contributed by atoms with Crippen LogP contribution in [0.25, 0.3) is 4.85 Å². The summed E-state index contributed by atoms with van der Waals surface area (Å²) in [5.74, 6) is 16.1. The van der Waals surface area contributed by atoms with E-state index in [-0.39, 0.29) is 176 Å². The summed E-state index contributed by atoms with van der Waals surface area (Å²) in [6, 6.07) is 20.6. The number of carbonyl (C=O) groups excluding carboxylic acids is 1. The second-order valence-corrected chi connectivity index (χ2v) is 24.4. The van der Waals surface area contributed by atoms with Crippen LogP contribution in [0.1, 0.15) is 141 Å². The summed E-state index contributed by atoms with van der Waals surface area (Å²) in [4.78, 5) is 13.7. The molecule has 0 aliphatic carbocycles. The lowest BCUT2D eigenvalue weighted by molar-refractivity contribution is -0.228. The highest BCUT2D eigenvalue weighted by molar-refractivity contribution is 7.44. The lowest BCUT2D eigenvalue weighted by Crippen LogP contribution is -2.34. The highest BCUT2D eigenvalue weighted by Crippen LogP contribution is 2.47. The smallest absolute Gasteiger partial charge is 0.302 e. The van der Waals surface area contributed by atoms with E-state index in [1.807, 2.05) is 60.7 Å². The Bertz CT molecular complexity index is 2700. The van der Waals surface area contributed by atoms with Crippen LogP contribution in [0, 0.1) is 93.0 Å². The van der Waals surface area contributed by atoms with Crippen molar-refractivity contribution in [1.82, 2.24) is 9.34 Å². The van der Waals surface area contributed by atoms with Gasteiger partial charge in [0.1, 0.15) is 77.3 Å². The number of carbonyl (C=O) groups is 1. The van der Waals surface area contributed by atoms with Gasteiger partial charge in [0.15, 0.2) is 12.6 Å². The number of terminal acetylenes is 7. The molecule has 0 saturated carbocycles. The Morgan fingerprint density at radius 2 is 0.908 bits per heavy atom. The Morgan fingerprint density at radius 3 is 1.22 bits per heavy atom. The van der Waals surface area contributed by atoms with Gasteiger partial charge in [-0.1, -0.05) is 118 Å². The molecule has 2 fully saturated rings. The van der Waals surface area contributed by atoms with Crippen molar-refractivity contribution < 1.29 is 121 Å². The van der Waals surface area contributed by atoms with E-state index < -0.39 is 41.5 Å². The number of nitrogens with zero attached hydrogens (tertiary/aromatic N) is 3. The van der Waals surface area contributed by atoms with Crippen molar-refractivity contribution >= 4 is 23.0 Å². The summed E-state index contributed by atoms with van der Waals surface area (Å²) in [5.41, 5.74) is 2.02. The standard InChI is InChI=1S/C16H28NO3P.C15H27N2O3P.C13H14O3.C10H12O3.C8H12O3.2C6H10O3.3CH4O.3CH4/c1-8-10-12-19-21(17(14(3)4)15(5)6)20-13-16(7)18-11-9-2;1-8-10-18-15(6)12-20-21(19-11-9-16-7)17(13(2)3)14(4)5;1-2-8-14-12-9-15-13(16-10-12)11-6-4-3-5-7-11;11-9-6-12-10(13-7-9)8-4-2-1-3-5-8;1-4-5-10-7(2)6-11-8(3)9;2*1-2-3-9-6(4-7)5-8;3*1-2;;;/h1-2,14-16H,10-13H2,3-7H3;1,13-15H,9-12H2,2-6H3;1,3-7,12-13H,8-10H2;1-5,9-11H,6-7H2;1,7H,5-6H2,2-3H3;2*1,6-8H,3-5H2;3*2H,1H3;3*1H4/i7D;6D;;;2D;7D;;3*2T;1T;;. The van der Waals surface area contributed by atoms with Crippen LogP contribution in [0.3, 0.4) is 0 Å². The predicted molar refractivity (Wildman–Crippen MR) is 433 cm³/mol. The van der Waals surface area contributed by atoms with E-state index in [1.54, 1.807) is 0 Å². The average molecular weight is 1600 g/mol. The molecule has 2 aliphatic heterocycles. The first-order valence-electron chi connectivity index (χ1n) is 38.0. The monoisotopic (exact) mass is 1600 g/mol. The second-order valence-electron chi connectivity index (χ2n) is 21.5. The third-order valence-corrected chi connectivity index (χ3v) is 15.8. The molecule has 0 amide bonds. The van der Waals surface area contributed by atoms with Gasteiger partial charge in [0.25, 0.3) is 17.1 Å². The molecule has 0 spiro atoms. The maximum absolute atomic E-state index is 10.4. The molecule has 2 aliphatic rings. The Labute approximate surface area is 671 Å². The molecule has 626 valence electrons. The number of ether oxygens (including phenoxy) is 11. The van der Waals surface area contributed by atoms with Gasteiger partial charge in [-0.25, -0.2) is 15.9 Å². The molecule has 2 aromatic carbocycles. The minimum Gasteiger partial charge on any atom is -0.463 e. The van der Waals surface area contributed by atoms with Crippen LogP contribution in [0.15, 0.2) is 60.7 Å². The summed E-state index contributed by atoms with van der Waals surface area (Å²) in [6.07, 6.45) is 32.6. The maximum Gasteiger partial charge on any atom is 0.302 e. The molecule has 29 heteroatoms. The van der Waals surface area contributed by atoms with Crippen molar-refractivity contribution in [2.45, 2.75) is 191 Å². The van der Waals surface area contributed by atoms with E-state index in [9.17, 15) is 4.79 Å². The topological polar surface area (TPSA) is 328 Å². The fourth-order valence-electron chi connectivity index (χ4n) is 7.28. The average Bonchev–Trinajstić information content (AvgIpc) is 0.883. The zero-order valence-corrected chi connectivity index (χ0v) is 66.8. The van der Waals surface area contributed by atoms with Crippen LogP contribution in [0.4, 0.5) is 0 Å². The minimum atomic E-state index is -1.29. The number of hydrogen-bond donors (Lipinski definition) is 8. The van der Waals surface area contributed by atoms with E-state index >= 15 is 0 Å². The van der Waals surface area contributed by atoms with E-state index in [1.165, 1.54) is 35.7 Å². The van der Waals surface area contributed by atoms with Crippen LogP contribution >= 0.6 is 17.1 Å². The van der Waals surface area contributed by atoms with Crippen LogP contribution in [0.2, 0.25) is 0 Å². The first kappa shape index (κ1) is 103. The van der Waals surface area contributed by atoms with Crippen molar-refractivity contribution in [2.24, 2.45) is 0 Å². The quantitative estimate of drug-likeness (QED) is 0.0102. The van der Waals surface area contributed by atoms with Gasteiger partial charge in [-0.15, -0.1) is 50.9 Å². The molecule has 6 atom stereocenters. The number of aliphatic hydroxyl groups excluding tert-OH is 8. The van der Waals surface area contributed by atoms with Gasteiger partial charge in [0.05, 0.1) is 91.0 Å². The lowest BCUT2D eigenvalue weighted by atomic mass is 10.2. The fourth-order valence-corrected chi connectivity index (χ4v) is 10.5. The van der Waals surface area contributed by atoms with E-state index in [0.29, 0.717) is 59.2 Å². The summed E-state index contributed by atoms with van der Waals surface area (Å²) >= 11 is 0. The number of hydrogen-bond acceptors (Lipinski definition) is 26. The molecule has 8 N–H and O–H groups in total. The lowest BCUT2D eigenvalue weighted by Gasteiger charge is -2.36. The molecule has 27 nitrogen and oxygen atoms in total. The fraction of sp³-hybridized carbons (Fsp3) is 0.650. The van der Waals surface area contributed by atoms with Gasteiger partial charge in [-0.3, -0.25) is 4.79 Å². The van der Waals surface area contributed by atoms with E-state index in [2.05, 4.69) is 136 Å². The molecule has 6 unspecified atom stereocenters. The molecular formula is C80H137N3O24P2. The molecule has 2 aromatic rings. The molecular weight excluding hydrogens is 1450 g/mol. The first-order valence-corrected chi connectivity index (χ1v) is 35.5. The van der Waals surface area contributed by atoms with Crippen molar-refractivity contribution in [3.63, 3.8) is 0 Å². The zero-order chi connectivity index (χ0) is 88.7. The van der Waals surface area contributed by atoms with E-state index in [0.717, 1.165) is 11.1 Å². The minimum absolute atomic E-state index is 0. The summed E-state index contributed by atoms with van der Waals surface area (Å²) in [6.45, 7) is 29.0. The summed E-state index contributed by atoms with van der Waals surface area (Å²) in [5, 5.41) is 48.9. The van der Waals surface area contributed by atoms with Crippen LogP contribution in [0.5, 0.6) is 0 Å². The number of rotatable bonds is 39.